The topological polar surface area (TPSA) is 76.1 Å². The molecule has 0 radical (unpaired) electrons. The molecule has 0 atom stereocenters. The van der Waals surface area contributed by atoms with Crippen molar-refractivity contribution in [1.82, 2.24) is 14.9 Å². The van der Waals surface area contributed by atoms with E-state index in [1.165, 1.54) is 0 Å². The van der Waals surface area contributed by atoms with E-state index in [1.54, 1.807) is 10.8 Å². The van der Waals surface area contributed by atoms with Gasteiger partial charge in [-0.05, 0) is 42.0 Å². The van der Waals surface area contributed by atoms with Gasteiger partial charge in [0, 0.05) is 34.2 Å². The fourth-order valence-corrected chi connectivity index (χ4v) is 4.36. The van der Waals surface area contributed by atoms with Crippen LogP contribution >= 0.6 is 0 Å². The Morgan fingerprint density at radius 3 is 2.55 bits per heavy atom. The smallest absolute Gasteiger partial charge is 0.275 e. The largest absolute Gasteiger partial charge is 0.489 e. The van der Waals surface area contributed by atoms with Crippen molar-refractivity contribution in [3.05, 3.63) is 102 Å². The summed E-state index contributed by atoms with van der Waals surface area (Å²) in [4.78, 5) is 28.9. The van der Waals surface area contributed by atoms with Crippen LogP contribution in [0.15, 0.2) is 91.3 Å². The summed E-state index contributed by atoms with van der Waals surface area (Å²) in [7, 11) is 0. The minimum atomic E-state index is -0.408. The van der Waals surface area contributed by atoms with Gasteiger partial charge in [0.25, 0.3) is 11.8 Å². The van der Waals surface area contributed by atoms with Crippen LogP contribution in [0.2, 0.25) is 0 Å². The maximum Gasteiger partial charge on any atom is 0.275 e. The van der Waals surface area contributed by atoms with Gasteiger partial charge in [-0.3, -0.25) is 14.9 Å². The Labute approximate surface area is 189 Å². The number of aromatic amines is 1. The zero-order valence-electron chi connectivity index (χ0n) is 17.5. The van der Waals surface area contributed by atoms with Crippen LogP contribution in [0.25, 0.3) is 33.1 Å². The summed E-state index contributed by atoms with van der Waals surface area (Å²) in [6.45, 7) is 0.438. The molecule has 2 amide bonds. The van der Waals surface area contributed by atoms with Gasteiger partial charge in [-0.1, -0.05) is 42.5 Å². The molecule has 6 rings (SSSR count). The molecule has 6 heteroatoms. The van der Waals surface area contributed by atoms with Gasteiger partial charge >= 0.3 is 0 Å². The molecule has 0 aliphatic carbocycles. The lowest BCUT2D eigenvalue weighted by atomic mass is 10.0. The number of hydrogen-bond donors (Lipinski definition) is 2. The number of carbonyl (C=O) groups excluding carboxylic acids is 2. The Bertz CT molecular complexity index is 1570. The third-order valence-electron chi connectivity index (χ3n) is 5.91. The van der Waals surface area contributed by atoms with Crippen molar-refractivity contribution < 1.29 is 14.3 Å². The van der Waals surface area contributed by atoms with Crippen LogP contribution in [0.3, 0.4) is 0 Å². The number of benzene rings is 3. The maximum atomic E-state index is 12.9. The van der Waals surface area contributed by atoms with E-state index in [0.29, 0.717) is 23.4 Å². The van der Waals surface area contributed by atoms with Crippen molar-refractivity contribution in [3.8, 4) is 5.75 Å². The molecule has 3 aromatic carbocycles. The van der Waals surface area contributed by atoms with Crippen LogP contribution in [-0.2, 0) is 16.2 Å². The molecule has 2 N–H and O–H groups in total. The summed E-state index contributed by atoms with van der Waals surface area (Å²) in [5.74, 6) is 0.00795. The molecule has 0 unspecified atom stereocenters. The molecule has 160 valence electrons. The first kappa shape index (κ1) is 19.1. The van der Waals surface area contributed by atoms with Gasteiger partial charge in [-0.2, -0.15) is 0 Å². The Morgan fingerprint density at radius 1 is 0.848 bits per heavy atom. The van der Waals surface area contributed by atoms with Crippen LogP contribution in [-0.4, -0.2) is 21.4 Å². The number of fused-ring (bicyclic) bond motifs is 2. The summed E-state index contributed by atoms with van der Waals surface area (Å²) >= 11 is 0. The first-order chi connectivity index (χ1) is 16.2. The molecule has 0 saturated carbocycles. The number of aromatic nitrogens is 2. The van der Waals surface area contributed by atoms with Gasteiger partial charge in [-0.25, -0.2) is 0 Å². The molecule has 0 bridgehead atoms. The van der Waals surface area contributed by atoms with Gasteiger partial charge in [0.05, 0.1) is 11.1 Å². The molecule has 2 aromatic heterocycles. The Kier molecular flexibility index (Phi) is 4.36. The Balaban J connectivity index is 1.42. The van der Waals surface area contributed by atoms with Crippen molar-refractivity contribution in [2.75, 3.05) is 0 Å². The van der Waals surface area contributed by atoms with E-state index in [2.05, 4.69) is 10.3 Å². The average Bonchev–Trinajstić information content (AvgIpc) is 3.52. The number of ether oxygens (including phenoxy) is 1. The van der Waals surface area contributed by atoms with Crippen LogP contribution in [0, 0.1) is 0 Å². The maximum absolute atomic E-state index is 12.9. The molecule has 33 heavy (non-hydrogen) atoms. The van der Waals surface area contributed by atoms with Crippen LogP contribution in [0.4, 0.5) is 0 Å². The van der Waals surface area contributed by atoms with E-state index >= 15 is 0 Å². The number of carbonyl (C=O) groups is 2. The van der Waals surface area contributed by atoms with E-state index < -0.39 is 11.8 Å². The zero-order chi connectivity index (χ0) is 22.4. The summed E-state index contributed by atoms with van der Waals surface area (Å²) in [5, 5.41) is 4.32. The highest BCUT2D eigenvalue weighted by Crippen LogP contribution is 2.34. The molecule has 3 heterocycles. The lowest BCUT2D eigenvalue weighted by Crippen LogP contribution is -2.23. The van der Waals surface area contributed by atoms with Crippen LogP contribution in [0.5, 0.6) is 5.75 Å². The number of rotatable bonds is 5. The van der Waals surface area contributed by atoms with Crippen molar-refractivity contribution >= 4 is 44.9 Å². The second kappa shape index (κ2) is 7.53. The van der Waals surface area contributed by atoms with Crippen molar-refractivity contribution in [2.24, 2.45) is 0 Å². The fraction of sp³-hybridized carbons (Fsp3) is 0.0370. The Morgan fingerprint density at radius 2 is 1.67 bits per heavy atom. The van der Waals surface area contributed by atoms with Gasteiger partial charge in [0.2, 0.25) is 0 Å². The lowest BCUT2D eigenvalue weighted by Gasteiger charge is -2.09. The summed E-state index contributed by atoms with van der Waals surface area (Å²) < 4.78 is 7.64. The molecule has 0 fully saturated rings. The second-order valence-corrected chi connectivity index (χ2v) is 7.94. The van der Waals surface area contributed by atoms with E-state index in [1.807, 2.05) is 85.1 Å². The molecule has 0 spiro atoms. The fourth-order valence-electron chi connectivity index (χ4n) is 4.36. The van der Waals surface area contributed by atoms with Crippen molar-refractivity contribution in [1.29, 1.82) is 0 Å². The van der Waals surface area contributed by atoms with Gasteiger partial charge < -0.3 is 14.3 Å². The molecular formula is C27H19N3O3. The number of H-pyrrole nitrogens is 1. The highest BCUT2D eigenvalue weighted by Gasteiger charge is 2.34. The molecule has 5 aromatic rings. The van der Waals surface area contributed by atoms with Gasteiger partial charge in [0.1, 0.15) is 18.1 Å². The number of hydrogen-bond acceptors (Lipinski definition) is 3. The summed E-state index contributed by atoms with van der Waals surface area (Å²) in [5.41, 5.74) is 4.17. The zero-order valence-corrected chi connectivity index (χ0v) is 17.5. The minimum Gasteiger partial charge on any atom is -0.489 e. The SMILES string of the molecule is O=C1NC(=O)C(n2ccc3cc(COc4ccccc4)ccc32)=C1c1c[nH]c2ccccc12. The van der Waals surface area contributed by atoms with E-state index in [4.69, 9.17) is 4.74 Å². The second-order valence-electron chi connectivity index (χ2n) is 7.94. The predicted molar refractivity (Wildman–Crippen MR) is 127 cm³/mol. The number of nitrogens with zero attached hydrogens (tertiary/aromatic N) is 1. The quantitative estimate of drug-likeness (QED) is 0.394. The highest BCUT2D eigenvalue weighted by atomic mass is 16.5. The molecule has 1 aliphatic heterocycles. The van der Waals surface area contributed by atoms with E-state index in [0.717, 1.165) is 33.1 Å². The standard InChI is InChI=1S/C27H19N3O3/c31-26-24(21-15-28-22-9-5-4-8-20(21)22)25(27(32)29-26)30-13-12-18-14-17(10-11-23(18)30)16-33-19-6-2-1-3-7-19/h1-15,28H,16H2,(H,29,31,32). The number of nitrogens with one attached hydrogen (secondary N) is 2. The minimum absolute atomic E-state index is 0.327. The highest BCUT2D eigenvalue weighted by molar-refractivity contribution is 6.47. The third kappa shape index (κ3) is 3.20. The first-order valence-corrected chi connectivity index (χ1v) is 10.6. The molecule has 0 saturated heterocycles. The van der Waals surface area contributed by atoms with Crippen LogP contribution < -0.4 is 10.1 Å². The molecule has 1 aliphatic rings. The van der Waals surface area contributed by atoms with Crippen molar-refractivity contribution in [3.63, 3.8) is 0 Å². The van der Waals surface area contributed by atoms with E-state index in [-0.39, 0.29) is 0 Å². The summed E-state index contributed by atoms with van der Waals surface area (Å²) in [6, 6.07) is 25.3. The summed E-state index contributed by atoms with van der Waals surface area (Å²) in [6.07, 6.45) is 3.61. The predicted octanol–water partition coefficient (Wildman–Crippen LogP) is 4.73. The normalized spacial score (nSPS) is 13.8. The van der Waals surface area contributed by atoms with Crippen LogP contribution in [0.1, 0.15) is 11.1 Å². The van der Waals surface area contributed by atoms with Gasteiger partial charge in [0.15, 0.2) is 0 Å². The number of para-hydroxylation sites is 2. The lowest BCUT2D eigenvalue weighted by molar-refractivity contribution is -0.122. The third-order valence-corrected chi connectivity index (χ3v) is 5.91. The molecule has 6 nitrogen and oxygen atoms in total. The number of amides is 2. The monoisotopic (exact) mass is 433 g/mol. The molecular weight excluding hydrogens is 414 g/mol. The number of imide groups is 1. The van der Waals surface area contributed by atoms with Crippen molar-refractivity contribution in [2.45, 2.75) is 6.61 Å². The van der Waals surface area contributed by atoms with E-state index in [9.17, 15) is 9.59 Å². The van der Waals surface area contributed by atoms with Gasteiger partial charge in [-0.15, -0.1) is 0 Å². The Hall–Kier alpha value is -4.58. The first-order valence-electron chi connectivity index (χ1n) is 10.6. The average molecular weight is 433 g/mol.